The molecule has 0 unspecified atom stereocenters. The number of nitrogens with zero attached hydrogens (tertiary/aromatic N) is 3. The molecule has 0 aliphatic carbocycles. The normalized spacial score (nSPS) is 9.62. The molecule has 0 fully saturated rings. The first-order chi connectivity index (χ1) is 3.93. The van der Waals surface area contributed by atoms with E-state index in [1.807, 2.05) is 0 Å². The molecular formula is C5H9N3. The van der Waals surface area contributed by atoms with Gasteiger partial charge in [-0.3, -0.25) is 0 Å². The summed E-state index contributed by atoms with van der Waals surface area (Å²) in [4.78, 5) is 1.68. The Bertz CT molecular complexity index is 133. The zero-order valence-corrected chi connectivity index (χ0v) is 4.91. The molecule has 0 aliphatic rings. The van der Waals surface area contributed by atoms with E-state index in [2.05, 4.69) is 17.1 Å². The Morgan fingerprint density at radius 1 is 1.38 bits per heavy atom. The zero-order valence-electron chi connectivity index (χ0n) is 4.91. The lowest BCUT2D eigenvalue weighted by Crippen LogP contribution is -1.99. The summed E-state index contributed by atoms with van der Waals surface area (Å²) < 4.78 is 0. The first-order valence-electron chi connectivity index (χ1n) is 2.77. The second kappa shape index (κ2) is 2.45. The summed E-state index contributed by atoms with van der Waals surface area (Å²) in [6, 6.07) is 0. The van der Waals surface area contributed by atoms with E-state index in [1.165, 1.54) is 0 Å². The summed E-state index contributed by atoms with van der Waals surface area (Å²) in [5.41, 5.74) is 0. The molecule has 0 radical (unpaired) electrons. The number of aromatic nitrogens is 3. The van der Waals surface area contributed by atoms with Gasteiger partial charge in [0, 0.05) is 0 Å². The molecule has 3 heteroatoms. The van der Waals surface area contributed by atoms with E-state index >= 15 is 0 Å². The minimum Gasteiger partial charge on any atom is -0.185 e. The molecule has 44 valence electrons. The molecule has 1 rings (SSSR count). The maximum Gasteiger partial charge on any atom is 0.0693 e. The fourth-order valence-corrected chi connectivity index (χ4v) is 0.559. The predicted molar refractivity (Wildman–Crippen MR) is 30.3 cm³/mol. The monoisotopic (exact) mass is 111 g/mol. The molecule has 1 aromatic heterocycles. The Morgan fingerprint density at radius 3 is 2.50 bits per heavy atom. The minimum atomic E-state index is 0.924. The molecule has 0 aromatic carbocycles. The third-order valence-electron chi connectivity index (χ3n) is 0.890. The standard InChI is InChI=1S/C5H9N3/c1-2-5-8-6-3-4-7-8/h3-4H,2,5H2,1H3. The van der Waals surface area contributed by atoms with Crippen molar-refractivity contribution in [2.24, 2.45) is 0 Å². The number of rotatable bonds is 2. The number of aryl methyl sites for hydroxylation is 1. The van der Waals surface area contributed by atoms with Crippen molar-refractivity contribution in [2.75, 3.05) is 0 Å². The molecule has 3 nitrogen and oxygen atoms in total. The van der Waals surface area contributed by atoms with Crippen LogP contribution in [0.3, 0.4) is 0 Å². The van der Waals surface area contributed by atoms with Gasteiger partial charge in [-0.1, -0.05) is 6.92 Å². The van der Waals surface area contributed by atoms with Crippen molar-refractivity contribution in [3.8, 4) is 0 Å². The third-order valence-corrected chi connectivity index (χ3v) is 0.890. The molecule has 0 atom stereocenters. The van der Waals surface area contributed by atoms with Crippen LogP contribution in [0.15, 0.2) is 12.4 Å². The summed E-state index contributed by atoms with van der Waals surface area (Å²) in [6.07, 6.45) is 4.47. The highest BCUT2D eigenvalue weighted by molar-refractivity contribution is 4.59. The van der Waals surface area contributed by atoms with Gasteiger partial charge in [-0.15, -0.1) is 0 Å². The summed E-state index contributed by atoms with van der Waals surface area (Å²) in [6.45, 7) is 3.02. The van der Waals surface area contributed by atoms with Gasteiger partial charge in [-0.05, 0) is 6.42 Å². The van der Waals surface area contributed by atoms with Crippen LogP contribution in [-0.4, -0.2) is 15.0 Å². The minimum absolute atomic E-state index is 0.924. The van der Waals surface area contributed by atoms with Crippen LogP contribution < -0.4 is 0 Å². The summed E-state index contributed by atoms with van der Waals surface area (Å²) >= 11 is 0. The topological polar surface area (TPSA) is 30.7 Å². The Labute approximate surface area is 48.3 Å². The van der Waals surface area contributed by atoms with Gasteiger partial charge in [0.05, 0.1) is 18.9 Å². The highest BCUT2D eigenvalue weighted by Gasteiger charge is 1.83. The fourth-order valence-electron chi connectivity index (χ4n) is 0.559. The molecule has 0 saturated heterocycles. The van der Waals surface area contributed by atoms with Gasteiger partial charge in [0.25, 0.3) is 0 Å². The molecule has 0 spiro atoms. The Balaban J connectivity index is 2.50. The average Bonchev–Trinajstić information content (AvgIpc) is 2.19. The Morgan fingerprint density at radius 2 is 2.00 bits per heavy atom. The molecule has 0 saturated carbocycles. The molecule has 0 N–H and O–H groups in total. The highest BCUT2D eigenvalue weighted by Crippen LogP contribution is 1.80. The first-order valence-corrected chi connectivity index (χ1v) is 2.77. The van der Waals surface area contributed by atoms with Gasteiger partial charge in [0.1, 0.15) is 0 Å². The van der Waals surface area contributed by atoms with Gasteiger partial charge in [-0.25, -0.2) is 0 Å². The van der Waals surface area contributed by atoms with Crippen LogP contribution in [0.1, 0.15) is 13.3 Å². The highest BCUT2D eigenvalue weighted by atomic mass is 15.5. The van der Waals surface area contributed by atoms with Crippen LogP contribution in [0.5, 0.6) is 0 Å². The SMILES string of the molecule is CCCn1nccn1. The van der Waals surface area contributed by atoms with Crippen LogP contribution in [0.25, 0.3) is 0 Å². The lowest BCUT2D eigenvalue weighted by molar-refractivity contribution is 0.528. The maximum absolute atomic E-state index is 3.91. The summed E-state index contributed by atoms with van der Waals surface area (Å²) in [7, 11) is 0. The van der Waals surface area contributed by atoms with Crippen molar-refractivity contribution < 1.29 is 0 Å². The Hall–Kier alpha value is -0.860. The predicted octanol–water partition coefficient (Wildman–Crippen LogP) is 0.688. The van der Waals surface area contributed by atoms with E-state index < -0.39 is 0 Å². The van der Waals surface area contributed by atoms with Crippen molar-refractivity contribution in [2.45, 2.75) is 19.9 Å². The molecule has 8 heavy (non-hydrogen) atoms. The second-order valence-corrected chi connectivity index (χ2v) is 1.62. The van der Waals surface area contributed by atoms with Gasteiger partial charge >= 0.3 is 0 Å². The fraction of sp³-hybridized carbons (Fsp3) is 0.600. The second-order valence-electron chi connectivity index (χ2n) is 1.62. The van der Waals surface area contributed by atoms with Crippen LogP contribution in [0, 0.1) is 0 Å². The van der Waals surface area contributed by atoms with Gasteiger partial charge < -0.3 is 0 Å². The van der Waals surface area contributed by atoms with Gasteiger partial charge in [0.15, 0.2) is 0 Å². The van der Waals surface area contributed by atoms with Crippen LogP contribution in [0.4, 0.5) is 0 Å². The van der Waals surface area contributed by atoms with E-state index in [1.54, 1.807) is 17.2 Å². The van der Waals surface area contributed by atoms with E-state index in [0.29, 0.717) is 0 Å². The van der Waals surface area contributed by atoms with Gasteiger partial charge in [0.2, 0.25) is 0 Å². The smallest absolute Gasteiger partial charge is 0.0693 e. The van der Waals surface area contributed by atoms with Crippen molar-refractivity contribution in [1.29, 1.82) is 0 Å². The van der Waals surface area contributed by atoms with E-state index in [4.69, 9.17) is 0 Å². The zero-order chi connectivity index (χ0) is 5.82. The molecule has 0 amide bonds. The van der Waals surface area contributed by atoms with Crippen molar-refractivity contribution in [3.05, 3.63) is 12.4 Å². The van der Waals surface area contributed by atoms with Crippen molar-refractivity contribution in [1.82, 2.24) is 15.0 Å². The lowest BCUT2D eigenvalue weighted by atomic mass is 10.5. The molecule has 1 aromatic rings. The first kappa shape index (κ1) is 5.28. The molecule has 0 aliphatic heterocycles. The molecule has 1 heterocycles. The van der Waals surface area contributed by atoms with E-state index in [-0.39, 0.29) is 0 Å². The Kier molecular flexibility index (Phi) is 1.62. The number of hydrogen-bond acceptors (Lipinski definition) is 2. The van der Waals surface area contributed by atoms with Crippen molar-refractivity contribution in [3.63, 3.8) is 0 Å². The molecular weight excluding hydrogens is 102 g/mol. The third kappa shape index (κ3) is 1.05. The lowest BCUT2D eigenvalue weighted by Gasteiger charge is -1.90. The van der Waals surface area contributed by atoms with E-state index in [0.717, 1.165) is 13.0 Å². The largest absolute Gasteiger partial charge is 0.185 e. The van der Waals surface area contributed by atoms with Crippen LogP contribution >= 0.6 is 0 Å². The number of hydrogen-bond donors (Lipinski definition) is 0. The average molecular weight is 111 g/mol. The van der Waals surface area contributed by atoms with Crippen LogP contribution in [-0.2, 0) is 6.54 Å². The summed E-state index contributed by atoms with van der Waals surface area (Å²) in [5, 5.41) is 7.82. The van der Waals surface area contributed by atoms with Gasteiger partial charge in [-0.2, -0.15) is 15.0 Å². The van der Waals surface area contributed by atoms with E-state index in [9.17, 15) is 0 Å². The van der Waals surface area contributed by atoms with Crippen molar-refractivity contribution >= 4 is 0 Å². The maximum atomic E-state index is 3.91. The van der Waals surface area contributed by atoms with Crippen LogP contribution in [0.2, 0.25) is 0 Å². The summed E-state index contributed by atoms with van der Waals surface area (Å²) in [5.74, 6) is 0. The molecule has 0 bridgehead atoms. The quantitative estimate of drug-likeness (QED) is 0.562.